The third-order valence-electron chi connectivity index (χ3n) is 6.40. The number of pyridine rings is 1. The van der Waals surface area contributed by atoms with Crippen molar-refractivity contribution < 1.29 is 0 Å². The van der Waals surface area contributed by atoms with Gasteiger partial charge in [0.1, 0.15) is 0 Å². The molecule has 160 valence electrons. The number of nitrogens with zero attached hydrogens (tertiary/aromatic N) is 1. The average molecular weight is 460 g/mol. The Morgan fingerprint density at radius 1 is 0.576 bits per heavy atom. The van der Waals surface area contributed by atoms with Crippen molar-refractivity contribution in [3.05, 3.63) is 97.1 Å². The van der Waals surface area contributed by atoms with Crippen LogP contribution in [0.15, 0.2) is 97.1 Å². The van der Waals surface area contributed by atoms with Gasteiger partial charge in [0.25, 0.3) is 0 Å². The van der Waals surface area contributed by atoms with E-state index in [1.807, 2.05) is 11.3 Å². The van der Waals surface area contributed by atoms with E-state index in [0.717, 1.165) is 11.2 Å². The minimum Gasteiger partial charge on any atom is -0.248 e. The Bertz CT molecular complexity index is 1640. The van der Waals surface area contributed by atoms with Gasteiger partial charge in [0.15, 0.2) is 0 Å². The van der Waals surface area contributed by atoms with E-state index in [9.17, 15) is 0 Å². The molecule has 0 amide bonds. The molecule has 4 aromatic carbocycles. The Balaban J connectivity index is 1.59. The molecule has 1 nitrogen and oxygen atoms in total. The number of hydrogen-bond donors (Lipinski definition) is 0. The van der Waals surface area contributed by atoms with Gasteiger partial charge in [0.2, 0.25) is 0 Å². The van der Waals surface area contributed by atoms with Crippen molar-refractivity contribution in [2.75, 3.05) is 0 Å². The predicted molar refractivity (Wildman–Crippen MR) is 148 cm³/mol. The number of thiophene rings is 1. The molecule has 0 aliphatic carbocycles. The molecule has 0 spiro atoms. The van der Waals surface area contributed by atoms with Crippen LogP contribution in [0.1, 0.15) is 0 Å². The molecule has 0 aliphatic heterocycles. The van der Waals surface area contributed by atoms with Crippen molar-refractivity contribution in [2.24, 2.45) is 0 Å². The number of fused-ring (bicyclic) bond motifs is 4. The lowest BCUT2D eigenvalue weighted by Gasteiger charge is -2.21. The zero-order valence-electron chi connectivity index (χ0n) is 19.1. The van der Waals surface area contributed by atoms with Crippen LogP contribution in [0.4, 0.5) is 0 Å². The van der Waals surface area contributed by atoms with Gasteiger partial charge in [-0.15, -0.1) is 11.3 Å². The average Bonchev–Trinajstić information content (AvgIpc) is 3.21. The maximum atomic E-state index is 5.20. The summed E-state index contributed by atoms with van der Waals surface area (Å²) in [6.07, 6.45) is 0. The molecule has 3 heteroatoms. The maximum absolute atomic E-state index is 5.20. The first-order chi connectivity index (χ1) is 16.0. The summed E-state index contributed by atoms with van der Waals surface area (Å²) in [4.78, 5) is 5.20. The van der Waals surface area contributed by atoms with Gasteiger partial charge in [0.05, 0.1) is 19.3 Å². The highest BCUT2D eigenvalue weighted by molar-refractivity contribution is 7.25. The topological polar surface area (TPSA) is 12.9 Å². The van der Waals surface area contributed by atoms with Crippen LogP contribution in [-0.2, 0) is 0 Å². The van der Waals surface area contributed by atoms with Gasteiger partial charge < -0.3 is 0 Å². The van der Waals surface area contributed by atoms with E-state index in [-0.39, 0.29) is 0 Å². The van der Waals surface area contributed by atoms with Crippen molar-refractivity contribution in [1.82, 2.24) is 4.98 Å². The van der Waals surface area contributed by atoms with Gasteiger partial charge in [-0.2, -0.15) is 0 Å². The van der Waals surface area contributed by atoms with Crippen LogP contribution in [0, 0.1) is 0 Å². The summed E-state index contributed by atoms with van der Waals surface area (Å²) in [6, 6.07) is 35.2. The fraction of sp³-hybridized carbons (Fsp3) is 0.100. The molecule has 0 saturated heterocycles. The van der Waals surface area contributed by atoms with E-state index in [0.29, 0.717) is 0 Å². The molecular weight excluding hydrogens is 434 g/mol. The second kappa shape index (κ2) is 7.65. The second-order valence-corrected chi connectivity index (χ2v) is 15.8. The van der Waals surface area contributed by atoms with Crippen LogP contribution in [0.5, 0.6) is 0 Å². The first-order valence-corrected chi connectivity index (χ1v) is 15.7. The van der Waals surface area contributed by atoms with E-state index in [4.69, 9.17) is 4.98 Å². The first kappa shape index (κ1) is 20.3. The second-order valence-electron chi connectivity index (χ2n) is 9.71. The van der Waals surface area contributed by atoms with Gasteiger partial charge in [-0.3, -0.25) is 0 Å². The van der Waals surface area contributed by atoms with E-state index < -0.39 is 8.07 Å². The Labute approximate surface area is 199 Å². The molecule has 0 N–H and O–H groups in total. The Morgan fingerprint density at radius 3 is 2.12 bits per heavy atom. The maximum Gasteiger partial charge on any atom is 0.0785 e. The largest absolute Gasteiger partial charge is 0.248 e. The minimum absolute atomic E-state index is 1.07. The molecule has 0 fully saturated rings. The van der Waals surface area contributed by atoms with Crippen molar-refractivity contribution in [1.29, 1.82) is 0 Å². The van der Waals surface area contributed by atoms with Crippen LogP contribution in [-0.4, -0.2) is 13.1 Å². The van der Waals surface area contributed by atoms with Crippen LogP contribution in [0.25, 0.3) is 53.5 Å². The molecule has 33 heavy (non-hydrogen) atoms. The third kappa shape index (κ3) is 3.58. The van der Waals surface area contributed by atoms with Crippen LogP contribution in [0.3, 0.4) is 0 Å². The van der Waals surface area contributed by atoms with Gasteiger partial charge in [0, 0.05) is 25.7 Å². The van der Waals surface area contributed by atoms with E-state index >= 15 is 0 Å². The fourth-order valence-electron chi connectivity index (χ4n) is 4.69. The lowest BCUT2D eigenvalue weighted by molar-refractivity contribution is 1.41. The summed E-state index contributed by atoms with van der Waals surface area (Å²) in [6.45, 7) is 7.27. The predicted octanol–water partition coefficient (Wildman–Crippen LogP) is 8.48. The Kier molecular flexibility index (Phi) is 4.72. The summed E-state index contributed by atoms with van der Waals surface area (Å²) >= 11 is 1.86. The highest BCUT2D eigenvalue weighted by Gasteiger charge is 2.22. The van der Waals surface area contributed by atoms with Gasteiger partial charge in [-0.25, -0.2) is 4.98 Å². The zero-order valence-corrected chi connectivity index (χ0v) is 20.9. The van der Waals surface area contributed by atoms with Crippen LogP contribution in [0.2, 0.25) is 19.6 Å². The molecule has 0 atom stereocenters. The molecule has 0 unspecified atom stereocenters. The summed E-state index contributed by atoms with van der Waals surface area (Å²) in [7, 11) is -1.58. The normalized spacial score (nSPS) is 12.1. The first-order valence-electron chi connectivity index (χ1n) is 11.4. The van der Waals surface area contributed by atoms with Gasteiger partial charge in [-0.1, -0.05) is 86.4 Å². The lowest BCUT2D eigenvalue weighted by atomic mass is 10.0. The molecule has 0 radical (unpaired) electrons. The van der Waals surface area contributed by atoms with Crippen molar-refractivity contribution in [3.63, 3.8) is 0 Å². The summed E-state index contributed by atoms with van der Waals surface area (Å²) in [5.74, 6) is 0. The lowest BCUT2D eigenvalue weighted by Crippen LogP contribution is -2.38. The summed E-state index contributed by atoms with van der Waals surface area (Å²) < 4.78 is 2.67. The third-order valence-corrected chi connectivity index (χ3v) is 9.58. The number of aromatic nitrogens is 1. The molecular formula is C30H25NSSi. The van der Waals surface area contributed by atoms with Crippen molar-refractivity contribution in [2.45, 2.75) is 19.6 Å². The van der Waals surface area contributed by atoms with Crippen LogP contribution < -0.4 is 5.19 Å². The number of benzene rings is 4. The van der Waals surface area contributed by atoms with Gasteiger partial charge >= 0.3 is 0 Å². The Hall–Kier alpha value is -3.27. The highest BCUT2D eigenvalue weighted by atomic mass is 32.1. The smallest absolute Gasteiger partial charge is 0.0785 e. The van der Waals surface area contributed by atoms with Crippen molar-refractivity contribution >= 4 is 55.7 Å². The molecule has 0 aliphatic rings. The zero-order chi connectivity index (χ0) is 22.6. The molecule has 0 bridgehead atoms. The fourth-order valence-corrected chi connectivity index (χ4v) is 7.37. The van der Waals surface area contributed by atoms with E-state index in [1.54, 1.807) is 0 Å². The standard InChI is InChI=1S/C30H25NSSi/c1-33(2,3)30-19-26(22-14-16-29-25(17-22)23-11-7-8-12-28(23)32-29)31-27-18-21(13-15-24(27)30)20-9-5-4-6-10-20/h4-19H,1-3H3. The summed E-state index contributed by atoms with van der Waals surface area (Å²) in [5.41, 5.74) is 5.79. The summed E-state index contributed by atoms with van der Waals surface area (Å²) in [5, 5.41) is 5.41. The molecule has 2 heterocycles. The molecule has 6 aromatic rings. The Morgan fingerprint density at radius 2 is 1.30 bits per heavy atom. The minimum atomic E-state index is -1.58. The SMILES string of the molecule is C[Si](C)(C)c1cc(-c2ccc3sc4ccccc4c3c2)nc2cc(-c3ccccc3)ccc12. The van der Waals surface area contributed by atoms with E-state index in [1.165, 1.54) is 47.4 Å². The number of rotatable bonds is 3. The highest BCUT2D eigenvalue weighted by Crippen LogP contribution is 2.36. The molecule has 6 rings (SSSR count). The van der Waals surface area contributed by atoms with Crippen molar-refractivity contribution in [3.8, 4) is 22.4 Å². The molecule has 0 saturated carbocycles. The van der Waals surface area contributed by atoms with Crippen LogP contribution >= 0.6 is 11.3 Å². The number of hydrogen-bond acceptors (Lipinski definition) is 2. The van der Waals surface area contributed by atoms with E-state index in [2.05, 4.69) is 117 Å². The molecule has 2 aromatic heterocycles. The van der Waals surface area contributed by atoms with Gasteiger partial charge in [-0.05, 0) is 52.0 Å². The monoisotopic (exact) mass is 459 g/mol. The quantitative estimate of drug-likeness (QED) is 0.242.